The monoisotopic (exact) mass is 378 g/mol. The SMILES string of the molecule is Cc1ncc(C(O)(c2ccccc2)c2cccc3nc4ccccc4nc23)cn1. The maximum absolute atomic E-state index is 12.1. The molecular weight excluding hydrogens is 360 g/mol. The van der Waals surface area contributed by atoms with Gasteiger partial charge < -0.3 is 5.11 Å². The Morgan fingerprint density at radius 1 is 0.655 bits per heavy atom. The summed E-state index contributed by atoms with van der Waals surface area (Å²) in [4.78, 5) is 18.2. The lowest BCUT2D eigenvalue weighted by atomic mass is 9.81. The van der Waals surface area contributed by atoms with Crippen molar-refractivity contribution in [2.75, 3.05) is 0 Å². The van der Waals surface area contributed by atoms with E-state index in [0.29, 0.717) is 22.5 Å². The van der Waals surface area contributed by atoms with Crippen LogP contribution in [0.2, 0.25) is 0 Å². The van der Waals surface area contributed by atoms with Gasteiger partial charge in [-0.1, -0.05) is 54.6 Å². The van der Waals surface area contributed by atoms with Gasteiger partial charge in [-0.25, -0.2) is 19.9 Å². The van der Waals surface area contributed by atoms with Gasteiger partial charge >= 0.3 is 0 Å². The summed E-state index contributed by atoms with van der Waals surface area (Å²) in [5.41, 5.74) is 3.45. The van der Waals surface area contributed by atoms with Gasteiger partial charge in [0, 0.05) is 23.5 Å². The molecule has 5 nitrogen and oxygen atoms in total. The van der Waals surface area contributed by atoms with Gasteiger partial charge in [-0.05, 0) is 30.7 Å². The lowest BCUT2D eigenvalue weighted by molar-refractivity contribution is 0.126. The summed E-state index contributed by atoms with van der Waals surface area (Å²) in [7, 11) is 0. The van der Waals surface area contributed by atoms with E-state index in [4.69, 9.17) is 9.97 Å². The predicted octanol–water partition coefficient (Wildman–Crippen LogP) is 4.17. The molecule has 1 N–H and O–H groups in total. The van der Waals surface area contributed by atoms with Crippen molar-refractivity contribution >= 4 is 22.1 Å². The number of rotatable bonds is 3. The molecule has 0 aliphatic heterocycles. The number of hydrogen-bond acceptors (Lipinski definition) is 5. The molecule has 2 aromatic heterocycles. The highest BCUT2D eigenvalue weighted by atomic mass is 16.3. The first-order valence-electron chi connectivity index (χ1n) is 9.39. The summed E-state index contributed by atoms with van der Waals surface area (Å²) in [6.45, 7) is 1.82. The van der Waals surface area contributed by atoms with Crippen molar-refractivity contribution in [1.82, 2.24) is 19.9 Å². The first kappa shape index (κ1) is 17.4. The first-order chi connectivity index (χ1) is 14.2. The Bertz CT molecular complexity index is 1320. The van der Waals surface area contributed by atoms with E-state index in [1.54, 1.807) is 12.4 Å². The lowest BCUT2D eigenvalue weighted by Gasteiger charge is -2.30. The number of aromatic nitrogens is 4. The molecule has 0 saturated carbocycles. The zero-order chi connectivity index (χ0) is 19.8. The van der Waals surface area contributed by atoms with Crippen molar-refractivity contribution in [2.24, 2.45) is 0 Å². The summed E-state index contributed by atoms with van der Waals surface area (Å²) in [6.07, 6.45) is 3.34. The molecule has 1 unspecified atom stereocenters. The third-order valence-electron chi connectivity index (χ3n) is 5.15. The van der Waals surface area contributed by atoms with Crippen LogP contribution in [0.25, 0.3) is 22.1 Å². The molecule has 29 heavy (non-hydrogen) atoms. The quantitative estimate of drug-likeness (QED) is 0.477. The molecule has 0 bridgehead atoms. The molecule has 5 rings (SSSR count). The average Bonchev–Trinajstić information content (AvgIpc) is 2.78. The van der Waals surface area contributed by atoms with Crippen LogP contribution in [-0.4, -0.2) is 25.0 Å². The van der Waals surface area contributed by atoms with Crippen LogP contribution >= 0.6 is 0 Å². The van der Waals surface area contributed by atoms with Crippen LogP contribution in [0.1, 0.15) is 22.5 Å². The molecule has 0 amide bonds. The van der Waals surface area contributed by atoms with Gasteiger partial charge in [0.15, 0.2) is 0 Å². The molecule has 5 aromatic rings. The van der Waals surface area contributed by atoms with E-state index in [1.165, 1.54) is 0 Å². The maximum Gasteiger partial charge on any atom is 0.145 e. The normalized spacial score (nSPS) is 13.4. The minimum atomic E-state index is -1.47. The third kappa shape index (κ3) is 2.83. The zero-order valence-electron chi connectivity index (χ0n) is 15.8. The minimum absolute atomic E-state index is 0.580. The number of fused-ring (bicyclic) bond motifs is 2. The molecule has 0 aliphatic rings. The van der Waals surface area contributed by atoms with Gasteiger partial charge in [-0.15, -0.1) is 0 Å². The zero-order valence-corrected chi connectivity index (χ0v) is 15.8. The fourth-order valence-corrected chi connectivity index (χ4v) is 3.67. The van der Waals surface area contributed by atoms with E-state index in [0.717, 1.165) is 22.1 Å². The summed E-state index contributed by atoms with van der Waals surface area (Å²) in [5.74, 6) is 0.646. The van der Waals surface area contributed by atoms with Crippen LogP contribution in [0.3, 0.4) is 0 Å². The number of aliphatic hydroxyl groups is 1. The Hall–Kier alpha value is -3.70. The second kappa shape index (κ2) is 6.72. The highest BCUT2D eigenvalue weighted by Gasteiger charge is 2.36. The Morgan fingerprint density at radius 3 is 2.00 bits per heavy atom. The number of para-hydroxylation sites is 3. The lowest BCUT2D eigenvalue weighted by Crippen LogP contribution is -2.30. The van der Waals surface area contributed by atoms with Crippen LogP contribution in [0.5, 0.6) is 0 Å². The van der Waals surface area contributed by atoms with E-state index in [2.05, 4.69) is 9.97 Å². The smallest absolute Gasteiger partial charge is 0.145 e. The van der Waals surface area contributed by atoms with Gasteiger partial charge in [0.2, 0.25) is 0 Å². The van der Waals surface area contributed by atoms with E-state index in [1.807, 2.05) is 79.7 Å². The predicted molar refractivity (Wildman–Crippen MR) is 112 cm³/mol. The molecule has 140 valence electrons. The second-order valence-electron chi connectivity index (χ2n) is 6.98. The minimum Gasteiger partial charge on any atom is -0.376 e. The second-order valence-corrected chi connectivity index (χ2v) is 6.98. The van der Waals surface area contributed by atoms with Crippen LogP contribution < -0.4 is 0 Å². The number of aryl methyl sites for hydroxylation is 1. The van der Waals surface area contributed by atoms with Gasteiger partial charge in [0.1, 0.15) is 11.4 Å². The number of benzene rings is 3. The summed E-state index contributed by atoms with van der Waals surface area (Å²) < 4.78 is 0. The molecule has 0 radical (unpaired) electrons. The van der Waals surface area contributed by atoms with E-state index in [9.17, 15) is 5.11 Å². The number of nitrogens with zero attached hydrogens (tertiary/aromatic N) is 4. The van der Waals surface area contributed by atoms with E-state index >= 15 is 0 Å². The molecular formula is C24H18N4O. The average molecular weight is 378 g/mol. The van der Waals surface area contributed by atoms with Crippen molar-refractivity contribution in [3.8, 4) is 0 Å². The van der Waals surface area contributed by atoms with Crippen LogP contribution in [0.4, 0.5) is 0 Å². The van der Waals surface area contributed by atoms with Crippen molar-refractivity contribution in [1.29, 1.82) is 0 Å². The molecule has 0 spiro atoms. The Kier molecular flexibility index (Phi) is 4.03. The topological polar surface area (TPSA) is 71.8 Å². The summed E-state index contributed by atoms with van der Waals surface area (Å²) in [5, 5.41) is 12.1. The Labute approximate surface area is 167 Å². The fourth-order valence-electron chi connectivity index (χ4n) is 3.67. The highest BCUT2D eigenvalue weighted by Crippen LogP contribution is 2.39. The molecule has 0 fully saturated rings. The molecule has 1 atom stereocenters. The van der Waals surface area contributed by atoms with E-state index in [-0.39, 0.29) is 0 Å². The highest BCUT2D eigenvalue weighted by molar-refractivity contribution is 5.89. The van der Waals surface area contributed by atoms with Crippen molar-refractivity contribution in [3.05, 3.63) is 108 Å². The van der Waals surface area contributed by atoms with Gasteiger partial charge in [0.25, 0.3) is 0 Å². The molecule has 2 heterocycles. The fraction of sp³-hybridized carbons (Fsp3) is 0.0833. The van der Waals surface area contributed by atoms with E-state index < -0.39 is 5.60 Å². The maximum atomic E-state index is 12.1. The molecule has 3 aromatic carbocycles. The Morgan fingerprint density at radius 2 is 1.28 bits per heavy atom. The largest absolute Gasteiger partial charge is 0.376 e. The summed E-state index contributed by atoms with van der Waals surface area (Å²) >= 11 is 0. The van der Waals surface area contributed by atoms with Crippen LogP contribution in [0.15, 0.2) is 85.2 Å². The third-order valence-corrected chi connectivity index (χ3v) is 5.15. The molecule has 0 aliphatic carbocycles. The standard InChI is InChI=1S/C24H18N4O/c1-16-25-14-18(15-26-16)24(29,17-8-3-2-4-9-17)19-10-7-13-22-23(19)28-21-12-6-5-11-20(21)27-22/h2-15,29H,1H3. The van der Waals surface area contributed by atoms with Crippen LogP contribution in [-0.2, 0) is 5.60 Å². The molecule has 0 saturated heterocycles. The van der Waals surface area contributed by atoms with Crippen molar-refractivity contribution in [3.63, 3.8) is 0 Å². The van der Waals surface area contributed by atoms with Crippen molar-refractivity contribution < 1.29 is 5.11 Å². The first-order valence-corrected chi connectivity index (χ1v) is 9.39. The summed E-state index contributed by atoms with van der Waals surface area (Å²) in [6, 6.07) is 23.0. The molecule has 5 heteroatoms. The number of hydrogen-bond donors (Lipinski definition) is 1. The van der Waals surface area contributed by atoms with Gasteiger partial charge in [-0.2, -0.15) is 0 Å². The van der Waals surface area contributed by atoms with Gasteiger partial charge in [0.05, 0.1) is 22.1 Å². The Balaban J connectivity index is 1.86. The van der Waals surface area contributed by atoms with Crippen LogP contribution in [0, 0.1) is 6.92 Å². The van der Waals surface area contributed by atoms with Gasteiger partial charge in [-0.3, -0.25) is 0 Å². The van der Waals surface area contributed by atoms with Crippen molar-refractivity contribution in [2.45, 2.75) is 12.5 Å².